The summed E-state index contributed by atoms with van der Waals surface area (Å²) >= 11 is 1.22. The van der Waals surface area contributed by atoms with Crippen LogP contribution in [0.25, 0.3) is 0 Å². The molecule has 0 radical (unpaired) electrons. The number of hydrogen-bond acceptors (Lipinski definition) is 4. The lowest BCUT2D eigenvalue weighted by Gasteiger charge is -1.91. The molecule has 0 saturated carbocycles. The molecule has 11 heavy (non-hydrogen) atoms. The number of rotatable bonds is 1. The zero-order valence-electron chi connectivity index (χ0n) is 5.79. The van der Waals surface area contributed by atoms with E-state index in [2.05, 4.69) is 4.98 Å². The van der Waals surface area contributed by atoms with Crippen molar-refractivity contribution in [1.82, 2.24) is 10.3 Å². The molecule has 1 rings (SSSR count). The molecule has 56 valence electrons. The van der Waals surface area contributed by atoms with Crippen LogP contribution in [0, 0.1) is 18.4 Å². The number of nitrogens with one attached hydrogen (secondary N) is 1. The van der Waals surface area contributed by atoms with Crippen molar-refractivity contribution in [2.24, 2.45) is 0 Å². The van der Waals surface area contributed by atoms with Gasteiger partial charge in [0.15, 0.2) is 6.19 Å². The summed E-state index contributed by atoms with van der Waals surface area (Å²) < 4.78 is 0. The fourth-order valence-electron chi connectivity index (χ4n) is 0.627. The second-order valence-electron chi connectivity index (χ2n) is 1.83. The molecule has 5 heteroatoms. The van der Waals surface area contributed by atoms with Gasteiger partial charge in [-0.3, -0.25) is 10.1 Å². The number of hydrogen-bond donors (Lipinski definition) is 1. The normalized spacial score (nSPS) is 8.73. The Kier molecular flexibility index (Phi) is 2.18. The van der Waals surface area contributed by atoms with Crippen molar-refractivity contribution in [2.45, 2.75) is 6.92 Å². The lowest BCUT2D eigenvalue weighted by molar-refractivity contribution is 0.0976. The number of aromatic nitrogens is 1. The number of thiazole rings is 1. The molecule has 0 aromatic carbocycles. The molecule has 0 aliphatic heterocycles. The molecule has 0 unspecified atom stereocenters. The number of aryl methyl sites for hydroxylation is 1. The fourth-order valence-corrected chi connectivity index (χ4v) is 1.32. The molecule has 1 N–H and O–H groups in total. The third kappa shape index (κ3) is 1.53. The minimum atomic E-state index is -0.382. The lowest BCUT2D eigenvalue weighted by atomic mass is 10.4. The summed E-state index contributed by atoms with van der Waals surface area (Å²) in [5.41, 5.74) is 2.23. The van der Waals surface area contributed by atoms with Crippen LogP contribution >= 0.6 is 11.3 Å². The van der Waals surface area contributed by atoms with Crippen LogP contribution in [0.3, 0.4) is 0 Å². The summed E-state index contributed by atoms with van der Waals surface area (Å²) in [5.74, 6) is -0.382. The summed E-state index contributed by atoms with van der Waals surface area (Å²) in [4.78, 5) is 15.3. The molecule has 0 atom stereocenters. The summed E-state index contributed by atoms with van der Waals surface area (Å²) in [6.07, 6.45) is 1.56. The van der Waals surface area contributed by atoms with Crippen molar-refractivity contribution in [2.75, 3.05) is 0 Å². The molecular weight excluding hydrogens is 162 g/mol. The van der Waals surface area contributed by atoms with E-state index in [4.69, 9.17) is 5.26 Å². The standard InChI is InChI=1S/C6H5N3OS/c1-4-5(11-3-9-4)6(10)8-2-7/h3H,1H3,(H,8,10). The fraction of sp³-hybridized carbons (Fsp3) is 0.167. The van der Waals surface area contributed by atoms with Gasteiger partial charge in [-0.05, 0) is 6.92 Å². The van der Waals surface area contributed by atoms with Crippen LogP contribution < -0.4 is 5.32 Å². The zero-order valence-corrected chi connectivity index (χ0v) is 6.60. The maximum atomic E-state index is 11.0. The predicted molar refractivity (Wildman–Crippen MR) is 39.9 cm³/mol. The lowest BCUT2D eigenvalue weighted by Crippen LogP contribution is -2.16. The number of nitriles is 1. The highest BCUT2D eigenvalue weighted by atomic mass is 32.1. The summed E-state index contributed by atoms with van der Waals surface area (Å²) in [5, 5.41) is 10.2. The van der Waals surface area contributed by atoms with E-state index in [-0.39, 0.29) is 5.91 Å². The molecule has 1 amide bonds. The second kappa shape index (κ2) is 3.12. The highest BCUT2D eigenvalue weighted by Gasteiger charge is 2.09. The van der Waals surface area contributed by atoms with Crippen LogP contribution in [0.4, 0.5) is 0 Å². The van der Waals surface area contributed by atoms with Crippen molar-refractivity contribution < 1.29 is 4.79 Å². The van der Waals surface area contributed by atoms with E-state index in [1.807, 2.05) is 5.32 Å². The van der Waals surface area contributed by atoms with Gasteiger partial charge in [0.2, 0.25) is 0 Å². The summed E-state index contributed by atoms with van der Waals surface area (Å²) in [6.45, 7) is 1.72. The summed E-state index contributed by atoms with van der Waals surface area (Å²) in [7, 11) is 0. The maximum Gasteiger partial charge on any atom is 0.276 e. The minimum Gasteiger partial charge on any atom is -0.267 e. The van der Waals surface area contributed by atoms with Crippen LogP contribution in [0.2, 0.25) is 0 Å². The molecule has 0 spiro atoms. The number of carbonyl (C=O) groups is 1. The van der Waals surface area contributed by atoms with Crippen LogP contribution in [0.15, 0.2) is 5.51 Å². The van der Waals surface area contributed by atoms with E-state index in [9.17, 15) is 4.79 Å². The quantitative estimate of drug-likeness (QED) is 0.493. The summed E-state index contributed by atoms with van der Waals surface area (Å²) in [6, 6.07) is 0. The Labute approximate surface area is 67.5 Å². The minimum absolute atomic E-state index is 0.382. The van der Waals surface area contributed by atoms with Gasteiger partial charge in [-0.1, -0.05) is 0 Å². The first-order valence-corrected chi connectivity index (χ1v) is 3.73. The van der Waals surface area contributed by atoms with E-state index in [0.29, 0.717) is 10.6 Å². The van der Waals surface area contributed by atoms with E-state index < -0.39 is 0 Å². The van der Waals surface area contributed by atoms with E-state index in [1.165, 1.54) is 11.3 Å². The zero-order chi connectivity index (χ0) is 8.27. The molecule has 0 aliphatic rings. The van der Waals surface area contributed by atoms with Crippen LogP contribution in [-0.2, 0) is 0 Å². The van der Waals surface area contributed by atoms with Crippen molar-refractivity contribution >= 4 is 17.2 Å². The Balaban J connectivity index is 2.86. The maximum absolute atomic E-state index is 11.0. The first-order valence-electron chi connectivity index (χ1n) is 2.85. The molecule has 0 bridgehead atoms. The number of amides is 1. The van der Waals surface area contributed by atoms with Gasteiger partial charge >= 0.3 is 0 Å². The van der Waals surface area contributed by atoms with Crippen molar-refractivity contribution in [3.8, 4) is 6.19 Å². The SMILES string of the molecule is Cc1ncsc1C(=O)NC#N. The smallest absolute Gasteiger partial charge is 0.267 e. The molecule has 1 heterocycles. The van der Waals surface area contributed by atoms with Gasteiger partial charge in [-0.15, -0.1) is 11.3 Å². The van der Waals surface area contributed by atoms with Gasteiger partial charge in [0.1, 0.15) is 4.88 Å². The Morgan fingerprint density at radius 3 is 3.09 bits per heavy atom. The highest BCUT2D eigenvalue weighted by Crippen LogP contribution is 2.10. The molecule has 4 nitrogen and oxygen atoms in total. The van der Waals surface area contributed by atoms with Gasteiger partial charge < -0.3 is 0 Å². The first-order chi connectivity index (χ1) is 5.25. The molecule has 0 aliphatic carbocycles. The number of nitrogens with zero attached hydrogens (tertiary/aromatic N) is 2. The average Bonchev–Trinajstić information content (AvgIpc) is 2.36. The Morgan fingerprint density at radius 1 is 1.91 bits per heavy atom. The average molecular weight is 167 g/mol. The Morgan fingerprint density at radius 2 is 2.64 bits per heavy atom. The van der Waals surface area contributed by atoms with Gasteiger partial charge in [0, 0.05) is 0 Å². The Hall–Kier alpha value is -1.41. The van der Waals surface area contributed by atoms with Crippen molar-refractivity contribution in [1.29, 1.82) is 5.26 Å². The molecular formula is C6H5N3OS. The highest BCUT2D eigenvalue weighted by molar-refractivity contribution is 7.11. The molecule has 0 fully saturated rings. The van der Waals surface area contributed by atoms with Crippen molar-refractivity contribution in [3.05, 3.63) is 16.1 Å². The van der Waals surface area contributed by atoms with Gasteiger partial charge in [0.05, 0.1) is 11.2 Å². The molecule has 1 aromatic heterocycles. The van der Waals surface area contributed by atoms with E-state index in [0.717, 1.165) is 0 Å². The topological polar surface area (TPSA) is 65.8 Å². The first kappa shape index (κ1) is 7.69. The predicted octanol–water partition coefficient (Wildman–Crippen LogP) is 0.662. The van der Waals surface area contributed by atoms with Crippen LogP contribution in [-0.4, -0.2) is 10.9 Å². The van der Waals surface area contributed by atoms with Gasteiger partial charge in [-0.25, -0.2) is 4.98 Å². The third-order valence-corrected chi connectivity index (χ3v) is 2.05. The van der Waals surface area contributed by atoms with Crippen molar-refractivity contribution in [3.63, 3.8) is 0 Å². The Bertz CT molecular complexity index is 312. The molecule has 1 aromatic rings. The van der Waals surface area contributed by atoms with E-state index in [1.54, 1.807) is 18.6 Å². The van der Waals surface area contributed by atoms with E-state index >= 15 is 0 Å². The van der Waals surface area contributed by atoms with Gasteiger partial charge in [-0.2, -0.15) is 5.26 Å². The van der Waals surface area contributed by atoms with Gasteiger partial charge in [0.25, 0.3) is 5.91 Å². The monoisotopic (exact) mass is 167 g/mol. The third-order valence-electron chi connectivity index (χ3n) is 1.12. The second-order valence-corrected chi connectivity index (χ2v) is 2.69. The molecule has 0 saturated heterocycles. The number of carbonyl (C=O) groups excluding carboxylic acids is 1. The van der Waals surface area contributed by atoms with Crippen LogP contribution in [0.1, 0.15) is 15.4 Å². The largest absolute Gasteiger partial charge is 0.276 e. The van der Waals surface area contributed by atoms with Crippen LogP contribution in [0.5, 0.6) is 0 Å².